The minimum atomic E-state index is -0.143. The number of nitrogens with one attached hydrogen (secondary N) is 3. The Morgan fingerprint density at radius 1 is 1.09 bits per heavy atom. The highest BCUT2D eigenvalue weighted by atomic mass is 16.2. The first-order valence-corrected chi connectivity index (χ1v) is 8.43. The highest BCUT2D eigenvalue weighted by molar-refractivity contribution is 5.93. The van der Waals surface area contributed by atoms with Crippen LogP contribution in [0, 0.1) is 5.92 Å². The van der Waals surface area contributed by atoms with Crippen molar-refractivity contribution in [3.05, 3.63) is 35.4 Å². The molecular weight excluding hydrogens is 290 g/mol. The lowest BCUT2D eigenvalue weighted by molar-refractivity contribution is 0.0963. The Morgan fingerprint density at radius 2 is 1.78 bits per heavy atom. The second-order valence-electron chi connectivity index (χ2n) is 5.76. The number of hydrogen-bond acceptors (Lipinski definition) is 2. The molecule has 1 aromatic carbocycles. The van der Waals surface area contributed by atoms with Crippen LogP contribution in [0.15, 0.2) is 24.3 Å². The predicted molar refractivity (Wildman–Crippen MR) is 93.4 cm³/mol. The number of rotatable bonds is 9. The Bertz CT molecular complexity index is 486. The third-order valence-electron chi connectivity index (χ3n) is 3.99. The average Bonchev–Trinajstić information content (AvgIpc) is 2.59. The van der Waals surface area contributed by atoms with Gasteiger partial charge in [0.2, 0.25) is 0 Å². The van der Waals surface area contributed by atoms with Gasteiger partial charge in [0, 0.05) is 25.7 Å². The van der Waals surface area contributed by atoms with E-state index in [1.54, 1.807) is 19.2 Å². The molecule has 1 aromatic rings. The molecule has 0 aliphatic heterocycles. The zero-order valence-corrected chi connectivity index (χ0v) is 14.4. The number of hydrogen-bond donors (Lipinski definition) is 3. The van der Waals surface area contributed by atoms with Crippen molar-refractivity contribution in [2.75, 3.05) is 13.6 Å². The van der Waals surface area contributed by atoms with Crippen LogP contribution in [-0.2, 0) is 6.54 Å². The molecule has 0 aliphatic carbocycles. The first-order chi connectivity index (χ1) is 11.1. The Balaban J connectivity index is 2.34. The summed E-state index contributed by atoms with van der Waals surface area (Å²) in [5.74, 6) is 0.437. The highest BCUT2D eigenvalue weighted by Crippen LogP contribution is 2.11. The molecule has 0 saturated heterocycles. The molecule has 3 N–H and O–H groups in total. The fourth-order valence-electron chi connectivity index (χ4n) is 2.34. The third-order valence-corrected chi connectivity index (χ3v) is 3.99. The summed E-state index contributed by atoms with van der Waals surface area (Å²) in [4.78, 5) is 23.3. The van der Waals surface area contributed by atoms with Gasteiger partial charge in [-0.1, -0.05) is 45.2 Å². The first-order valence-electron chi connectivity index (χ1n) is 8.43. The lowest BCUT2D eigenvalue weighted by Gasteiger charge is -2.15. The van der Waals surface area contributed by atoms with E-state index in [0.29, 0.717) is 18.0 Å². The zero-order chi connectivity index (χ0) is 17.1. The predicted octanol–water partition coefficient (Wildman–Crippen LogP) is 3.06. The van der Waals surface area contributed by atoms with Crippen molar-refractivity contribution < 1.29 is 9.59 Å². The van der Waals surface area contributed by atoms with Gasteiger partial charge in [-0.3, -0.25) is 4.79 Å². The molecule has 5 nitrogen and oxygen atoms in total. The number of benzene rings is 1. The molecule has 0 spiro atoms. The van der Waals surface area contributed by atoms with Gasteiger partial charge >= 0.3 is 6.03 Å². The molecule has 0 heterocycles. The Kier molecular flexibility index (Phi) is 8.80. The van der Waals surface area contributed by atoms with Crippen LogP contribution in [0.4, 0.5) is 4.79 Å². The Morgan fingerprint density at radius 3 is 2.35 bits per heavy atom. The SMILES string of the molecule is CCCCC(CC)CNC(=O)NCc1ccc(C(=O)NC)cc1. The number of carbonyl (C=O) groups is 2. The maximum absolute atomic E-state index is 11.8. The van der Waals surface area contributed by atoms with Gasteiger partial charge in [0.05, 0.1) is 0 Å². The van der Waals surface area contributed by atoms with Gasteiger partial charge in [0.15, 0.2) is 0 Å². The molecule has 3 amide bonds. The van der Waals surface area contributed by atoms with Gasteiger partial charge in [0.25, 0.3) is 5.91 Å². The molecule has 5 heteroatoms. The number of unbranched alkanes of at least 4 members (excludes halogenated alkanes) is 1. The van der Waals surface area contributed by atoms with Crippen LogP contribution in [0.3, 0.4) is 0 Å². The van der Waals surface area contributed by atoms with Crippen molar-refractivity contribution in [2.45, 2.75) is 46.1 Å². The summed E-state index contributed by atoms with van der Waals surface area (Å²) >= 11 is 0. The van der Waals surface area contributed by atoms with Gasteiger partial charge in [-0.25, -0.2) is 4.79 Å². The molecule has 0 saturated carbocycles. The monoisotopic (exact) mass is 319 g/mol. The van der Waals surface area contributed by atoms with E-state index >= 15 is 0 Å². The van der Waals surface area contributed by atoms with Crippen LogP contribution < -0.4 is 16.0 Å². The Hall–Kier alpha value is -2.04. The van der Waals surface area contributed by atoms with Gasteiger partial charge in [-0.15, -0.1) is 0 Å². The maximum Gasteiger partial charge on any atom is 0.315 e. The van der Waals surface area contributed by atoms with Crippen LogP contribution in [0.1, 0.15) is 55.5 Å². The fourth-order valence-corrected chi connectivity index (χ4v) is 2.34. The standard InChI is InChI=1S/C18H29N3O2/c1-4-6-7-14(5-2)12-20-18(23)21-13-15-8-10-16(11-9-15)17(22)19-3/h8-11,14H,4-7,12-13H2,1-3H3,(H,19,22)(H2,20,21,23). The van der Waals surface area contributed by atoms with Crippen LogP contribution in [0.25, 0.3) is 0 Å². The molecule has 1 atom stereocenters. The summed E-state index contributed by atoms with van der Waals surface area (Å²) in [6.45, 7) is 5.51. The molecule has 0 radical (unpaired) electrons. The van der Waals surface area contributed by atoms with E-state index in [4.69, 9.17) is 0 Å². The van der Waals surface area contributed by atoms with E-state index in [1.165, 1.54) is 12.8 Å². The van der Waals surface area contributed by atoms with Gasteiger partial charge in [-0.2, -0.15) is 0 Å². The fraction of sp³-hybridized carbons (Fsp3) is 0.556. The summed E-state index contributed by atoms with van der Waals surface area (Å²) in [5.41, 5.74) is 1.58. The largest absolute Gasteiger partial charge is 0.355 e. The second-order valence-corrected chi connectivity index (χ2v) is 5.76. The van der Waals surface area contributed by atoms with Crippen molar-refractivity contribution in [2.24, 2.45) is 5.92 Å². The summed E-state index contributed by atoms with van der Waals surface area (Å²) in [5, 5.41) is 8.36. The smallest absolute Gasteiger partial charge is 0.315 e. The minimum Gasteiger partial charge on any atom is -0.355 e. The summed E-state index contributed by atoms with van der Waals surface area (Å²) in [7, 11) is 1.60. The lowest BCUT2D eigenvalue weighted by Crippen LogP contribution is -2.37. The molecule has 128 valence electrons. The number of carbonyl (C=O) groups excluding carboxylic acids is 2. The first kappa shape index (κ1) is 19.0. The van der Waals surface area contributed by atoms with Crippen molar-refractivity contribution in [3.8, 4) is 0 Å². The average molecular weight is 319 g/mol. The molecule has 0 aliphatic rings. The van der Waals surface area contributed by atoms with E-state index in [9.17, 15) is 9.59 Å². The van der Waals surface area contributed by atoms with E-state index < -0.39 is 0 Å². The van der Waals surface area contributed by atoms with Crippen molar-refractivity contribution >= 4 is 11.9 Å². The molecular formula is C18H29N3O2. The summed E-state index contributed by atoms with van der Waals surface area (Å²) in [6.07, 6.45) is 4.64. The topological polar surface area (TPSA) is 70.2 Å². The van der Waals surface area contributed by atoms with Gasteiger partial charge in [0.1, 0.15) is 0 Å². The van der Waals surface area contributed by atoms with Gasteiger partial charge in [-0.05, 0) is 30.0 Å². The highest BCUT2D eigenvalue weighted by Gasteiger charge is 2.08. The lowest BCUT2D eigenvalue weighted by atomic mass is 9.99. The molecule has 0 aromatic heterocycles. The molecule has 23 heavy (non-hydrogen) atoms. The summed E-state index contributed by atoms with van der Waals surface area (Å²) in [6, 6.07) is 7.06. The van der Waals surface area contributed by atoms with E-state index in [0.717, 1.165) is 24.9 Å². The Labute approximate surface area is 139 Å². The van der Waals surface area contributed by atoms with Gasteiger partial charge < -0.3 is 16.0 Å². The second kappa shape index (κ2) is 10.6. The molecule has 0 bridgehead atoms. The van der Waals surface area contributed by atoms with Crippen LogP contribution in [0.5, 0.6) is 0 Å². The van der Waals surface area contributed by atoms with Crippen LogP contribution >= 0.6 is 0 Å². The molecule has 1 unspecified atom stereocenters. The van der Waals surface area contributed by atoms with E-state index in [-0.39, 0.29) is 11.9 Å². The van der Waals surface area contributed by atoms with Crippen molar-refractivity contribution in [3.63, 3.8) is 0 Å². The third kappa shape index (κ3) is 7.17. The minimum absolute atomic E-state index is 0.111. The van der Waals surface area contributed by atoms with Crippen LogP contribution in [-0.4, -0.2) is 25.5 Å². The van der Waals surface area contributed by atoms with E-state index in [1.807, 2.05) is 12.1 Å². The van der Waals surface area contributed by atoms with Crippen molar-refractivity contribution in [1.82, 2.24) is 16.0 Å². The normalized spacial score (nSPS) is 11.6. The molecule has 0 fully saturated rings. The number of urea groups is 1. The van der Waals surface area contributed by atoms with E-state index in [2.05, 4.69) is 29.8 Å². The quantitative estimate of drug-likeness (QED) is 0.654. The number of amides is 3. The zero-order valence-electron chi connectivity index (χ0n) is 14.4. The molecule has 1 rings (SSSR count). The van der Waals surface area contributed by atoms with Crippen molar-refractivity contribution in [1.29, 1.82) is 0 Å². The maximum atomic E-state index is 11.8. The van der Waals surface area contributed by atoms with Crippen LogP contribution in [0.2, 0.25) is 0 Å². The summed E-state index contributed by atoms with van der Waals surface area (Å²) < 4.78 is 0.